The van der Waals surface area contributed by atoms with Gasteiger partial charge in [0.25, 0.3) is 0 Å². The Hall–Kier alpha value is -3.35. The molecule has 0 aliphatic heterocycles. The number of nitrogens with one attached hydrogen (secondary N) is 2. The molecule has 0 saturated heterocycles. The van der Waals surface area contributed by atoms with E-state index in [4.69, 9.17) is 9.47 Å². The second-order valence-electron chi connectivity index (χ2n) is 6.47. The van der Waals surface area contributed by atoms with Gasteiger partial charge < -0.3 is 20.1 Å². The maximum absolute atomic E-state index is 5.35. The number of nitrogens with zero attached hydrogens (tertiary/aromatic N) is 3. The lowest BCUT2D eigenvalue weighted by molar-refractivity contribution is 0.354. The molecule has 0 unspecified atom stereocenters. The third-order valence-electron chi connectivity index (χ3n) is 4.35. The van der Waals surface area contributed by atoms with Crippen LogP contribution in [-0.2, 0) is 6.42 Å². The number of ether oxygens (including phenoxy) is 2. The van der Waals surface area contributed by atoms with Crippen molar-refractivity contribution >= 4 is 17.5 Å². The van der Waals surface area contributed by atoms with Crippen molar-refractivity contribution in [3.63, 3.8) is 0 Å². The van der Waals surface area contributed by atoms with Crippen LogP contribution in [0.1, 0.15) is 16.7 Å². The van der Waals surface area contributed by atoms with Crippen molar-refractivity contribution in [2.45, 2.75) is 20.3 Å². The van der Waals surface area contributed by atoms with Crippen LogP contribution >= 0.6 is 0 Å². The van der Waals surface area contributed by atoms with Gasteiger partial charge in [-0.25, -0.2) is 0 Å². The Morgan fingerprint density at radius 1 is 0.964 bits per heavy atom. The number of aromatic nitrogens is 3. The van der Waals surface area contributed by atoms with Gasteiger partial charge in [-0.2, -0.15) is 10.1 Å². The lowest BCUT2D eigenvalue weighted by atomic mass is 10.1. The normalized spacial score (nSPS) is 10.4. The topological polar surface area (TPSA) is 81.2 Å². The van der Waals surface area contributed by atoms with Crippen molar-refractivity contribution in [1.29, 1.82) is 0 Å². The molecule has 0 amide bonds. The largest absolute Gasteiger partial charge is 0.493 e. The predicted octanol–water partition coefficient (Wildman–Crippen LogP) is 3.90. The van der Waals surface area contributed by atoms with Crippen LogP contribution in [0.2, 0.25) is 0 Å². The molecule has 0 aliphatic carbocycles. The molecular weight excluding hydrogens is 354 g/mol. The SMILES string of the molecule is COc1ccc(CCNc2cnnc(Nc3ccc(C)cc3C)n2)cc1OC. The predicted molar refractivity (Wildman–Crippen MR) is 111 cm³/mol. The molecule has 3 rings (SSSR count). The lowest BCUT2D eigenvalue weighted by Gasteiger charge is -2.11. The summed E-state index contributed by atoms with van der Waals surface area (Å²) in [4.78, 5) is 4.48. The highest BCUT2D eigenvalue weighted by molar-refractivity contribution is 5.59. The fraction of sp³-hybridized carbons (Fsp3) is 0.286. The zero-order valence-electron chi connectivity index (χ0n) is 16.6. The molecular formula is C21H25N5O2. The molecule has 2 N–H and O–H groups in total. The number of benzene rings is 2. The molecule has 7 heteroatoms. The Morgan fingerprint density at radius 2 is 1.79 bits per heavy atom. The first-order chi connectivity index (χ1) is 13.6. The van der Waals surface area contributed by atoms with Crippen LogP contribution < -0.4 is 20.1 Å². The number of anilines is 3. The Morgan fingerprint density at radius 3 is 2.54 bits per heavy atom. The van der Waals surface area contributed by atoms with Gasteiger partial charge in [-0.3, -0.25) is 0 Å². The molecule has 0 bridgehead atoms. The lowest BCUT2D eigenvalue weighted by Crippen LogP contribution is -2.09. The van der Waals surface area contributed by atoms with E-state index in [0.717, 1.165) is 34.7 Å². The molecule has 28 heavy (non-hydrogen) atoms. The molecule has 1 heterocycles. The third-order valence-corrected chi connectivity index (χ3v) is 4.35. The smallest absolute Gasteiger partial charge is 0.249 e. The average molecular weight is 379 g/mol. The van der Waals surface area contributed by atoms with Gasteiger partial charge in [0.05, 0.1) is 20.4 Å². The van der Waals surface area contributed by atoms with E-state index in [0.29, 0.717) is 18.3 Å². The highest BCUT2D eigenvalue weighted by atomic mass is 16.5. The Kier molecular flexibility index (Phi) is 6.26. The summed E-state index contributed by atoms with van der Waals surface area (Å²) in [5.74, 6) is 2.58. The van der Waals surface area contributed by atoms with Crippen LogP contribution in [-0.4, -0.2) is 35.9 Å². The Bertz CT molecular complexity index is 946. The van der Waals surface area contributed by atoms with Gasteiger partial charge in [0.1, 0.15) is 0 Å². The zero-order chi connectivity index (χ0) is 19.9. The van der Waals surface area contributed by atoms with Crippen molar-refractivity contribution in [3.8, 4) is 11.5 Å². The monoisotopic (exact) mass is 379 g/mol. The Balaban J connectivity index is 1.60. The minimum Gasteiger partial charge on any atom is -0.493 e. The third kappa shape index (κ3) is 4.88. The summed E-state index contributed by atoms with van der Waals surface area (Å²) in [7, 11) is 3.27. The number of rotatable bonds is 8. The highest BCUT2D eigenvalue weighted by Gasteiger charge is 2.06. The molecule has 0 radical (unpaired) electrons. The second kappa shape index (κ2) is 9.03. The molecule has 0 saturated carbocycles. The van der Waals surface area contributed by atoms with E-state index < -0.39 is 0 Å². The summed E-state index contributed by atoms with van der Waals surface area (Å²) < 4.78 is 10.6. The van der Waals surface area contributed by atoms with Gasteiger partial charge in [-0.05, 0) is 49.6 Å². The van der Waals surface area contributed by atoms with E-state index in [1.165, 1.54) is 5.56 Å². The average Bonchev–Trinajstić information content (AvgIpc) is 2.70. The summed E-state index contributed by atoms with van der Waals surface area (Å²) in [6.45, 7) is 4.82. The number of aryl methyl sites for hydroxylation is 2. The second-order valence-corrected chi connectivity index (χ2v) is 6.47. The fourth-order valence-corrected chi connectivity index (χ4v) is 2.89. The van der Waals surface area contributed by atoms with Crippen molar-refractivity contribution in [2.24, 2.45) is 0 Å². The molecule has 3 aromatic rings. The summed E-state index contributed by atoms with van der Waals surface area (Å²) in [5.41, 5.74) is 4.46. The first-order valence-corrected chi connectivity index (χ1v) is 9.08. The Labute approximate surface area is 165 Å². The van der Waals surface area contributed by atoms with Crippen molar-refractivity contribution in [2.75, 3.05) is 31.4 Å². The van der Waals surface area contributed by atoms with Crippen LogP contribution in [0.3, 0.4) is 0 Å². The van der Waals surface area contributed by atoms with Crippen molar-refractivity contribution in [3.05, 3.63) is 59.3 Å². The summed E-state index contributed by atoms with van der Waals surface area (Å²) in [5, 5.41) is 14.6. The van der Waals surface area contributed by atoms with Crippen LogP contribution in [0.5, 0.6) is 11.5 Å². The zero-order valence-corrected chi connectivity index (χ0v) is 16.6. The van der Waals surface area contributed by atoms with E-state index >= 15 is 0 Å². The molecule has 0 fully saturated rings. The minimum absolute atomic E-state index is 0.461. The fourth-order valence-electron chi connectivity index (χ4n) is 2.89. The van der Waals surface area contributed by atoms with Crippen molar-refractivity contribution in [1.82, 2.24) is 15.2 Å². The number of methoxy groups -OCH3 is 2. The maximum atomic E-state index is 5.35. The molecule has 2 aromatic carbocycles. The first-order valence-electron chi connectivity index (χ1n) is 9.08. The molecule has 1 aromatic heterocycles. The van der Waals surface area contributed by atoms with Gasteiger partial charge in [0, 0.05) is 12.2 Å². The first kappa shape index (κ1) is 19.4. The maximum Gasteiger partial charge on any atom is 0.249 e. The van der Waals surface area contributed by atoms with E-state index in [-0.39, 0.29) is 0 Å². The van der Waals surface area contributed by atoms with Gasteiger partial charge >= 0.3 is 0 Å². The van der Waals surface area contributed by atoms with E-state index in [1.54, 1.807) is 20.4 Å². The van der Waals surface area contributed by atoms with Crippen molar-refractivity contribution < 1.29 is 9.47 Å². The molecule has 146 valence electrons. The highest BCUT2D eigenvalue weighted by Crippen LogP contribution is 2.27. The quantitative estimate of drug-likeness (QED) is 0.614. The van der Waals surface area contributed by atoms with E-state index in [2.05, 4.69) is 38.8 Å². The van der Waals surface area contributed by atoms with Crippen LogP contribution in [0.4, 0.5) is 17.5 Å². The summed E-state index contributed by atoms with van der Waals surface area (Å²) in [6.07, 6.45) is 2.42. The van der Waals surface area contributed by atoms with Crippen LogP contribution in [0, 0.1) is 13.8 Å². The summed E-state index contributed by atoms with van der Waals surface area (Å²) >= 11 is 0. The molecule has 0 spiro atoms. The number of hydrogen-bond acceptors (Lipinski definition) is 7. The van der Waals surface area contributed by atoms with Gasteiger partial charge in [-0.1, -0.05) is 23.8 Å². The van der Waals surface area contributed by atoms with Gasteiger partial charge in [-0.15, -0.1) is 5.10 Å². The van der Waals surface area contributed by atoms with Gasteiger partial charge in [0.2, 0.25) is 5.95 Å². The molecule has 0 atom stereocenters. The summed E-state index contributed by atoms with van der Waals surface area (Å²) in [6, 6.07) is 12.1. The van der Waals surface area contributed by atoms with Gasteiger partial charge in [0.15, 0.2) is 17.3 Å². The minimum atomic E-state index is 0.461. The van der Waals surface area contributed by atoms with Crippen LogP contribution in [0.15, 0.2) is 42.6 Å². The van der Waals surface area contributed by atoms with E-state index in [9.17, 15) is 0 Å². The molecule has 0 aliphatic rings. The number of hydrogen-bond donors (Lipinski definition) is 2. The molecule has 7 nitrogen and oxygen atoms in total. The standard InChI is InChI=1S/C21H25N5O2/c1-14-5-7-17(15(2)11-14)24-21-25-20(13-23-26-21)22-10-9-16-6-8-18(27-3)19(12-16)28-4/h5-8,11-13H,9-10H2,1-4H3,(H2,22,24,25,26). The van der Waals surface area contributed by atoms with Crippen LogP contribution in [0.25, 0.3) is 0 Å². The van der Waals surface area contributed by atoms with E-state index in [1.807, 2.05) is 37.3 Å².